The van der Waals surface area contributed by atoms with Crippen LogP contribution in [0.25, 0.3) is 0 Å². The number of rotatable bonds is 6. The summed E-state index contributed by atoms with van der Waals surface area (Å²) in [6.45, 7) is 6.46. The van der Waals surface area contributed by atoms with Crippen molar-refractivity contribution in [3.63, 3.8) is 0 Å². The molecule has 4 rings (SSSR count). The van der Waals surface area contributed by atoms with Gasteiger partial charge in [-0.1, -0.05) is 6.92 Å². The lowest BCUT2D eigenvalue weighted by Gasteiger charge is -2.33. The van der Waals surface area contributed by atoms with Crippen molar-refractivity contribution in [3.8, 4) is 0 Å². The number of likely N-dealkylation sites (tertiary alicyclic amines) is 1. The van der Waals surface area contributed by atoms with Crippen LogP contribution in [0, 0.1) is 0 Å². The van der Waals surface area contributed by atoms with Gasteiger partial charge in [0.25, 0.3) is 5.56 Å². The minimum atomic E-state index is -0.219. The van der Waals surface area contributed by atoms with E-state index in [1.54, 1.807) is 22.1 Å². The molecular weight excluding hydrogens is 386 g/mol. The quantitative estimate of drug-likeness (QED) is 0.778. The van der Waals surface area contributed by atoms with Crippen LogP contribution >= 0.6 is 11.3 Å². The number of anilines is 1. The van der Waals surface area contributed by atoms with Crippen LogP contribution in [-0.4, -0.2) is 57.1 Å². The first-order valence-electron chi connectivity index (χ1n) is 10.8. The van der Waals surface area contributed by atoms with Gasteiger partial charge in [-0.2, -0.15) is 5.10 Å². The third-order valence-electron chi connectivity index (χ3n) is 5.92. The maximum absolute atomic E-state index is 12.8. The summed E-state index contributed by atoms with van der Waals surface area (Å²) >= 11 is 1.75. The maximum Gasteiger partial charge on any atom is 0.269 e. The zero-order chi connectivity index (χ0) is 20.2. The van der Waals surface area contributed by atoms with Gasteiger partial charge in [0.05, 0.1) is 34.7 Å². The normalized spacial score (nSPS) is 21.6. The highest BCUT2D eigenvalue weighted by Gasteiger charge is 2.24. The van der Waals surface area contributed by atoms with Crippen LogP contribution in [-0.2, 0) is 13.0 Å². The molecular formula is C21H31N5O2S. The van der Waals surface area contributed by atoms with E-state index in [-0.39, 0.29) is 17.7 Å². The van der Waals surface area contributed by atoms with E-state index in [0.29, 0.717) is 0 Å². The van der Waals surface area contributed by atoms with E-state index < -0.39 is 0 Å². The predicted molar refractivity (Wildman–Crippen MR) is 116 cm³/mol. The Morgan fingerprint density at radius 2 is 2.07 bits per heavy atom. The molecule has 2 aromatic rings. The summed E-state index contributed by atoms with van der Waals surface area (Å²) in [5, 5.41) is 17.6. The minimum absolute atomic E-state index is 0.0284. The average Bonchev–Trinajstić information content (AvgIpc) is 3.16. The van der Waals surface area contributed by atoms with Gasteiger partial charge in [0, 0.05) is 37.6 Å². The van der Waals surface area contributed by atoms with Gasteiger partial charge in [-0.25, -0.2) is 9.67 Å². The number of aryl methyl sites for hydroxylation is 1. The van der Waals surface area contributed by atoms with Crippen LogP contribution in [0.1, 0.15) is 55.8 Å². The monoisotopic (exact) mass is 417 g/mol. The Labute approximate surface area is 176 Å². The van der Waals surface area contributed by atoms with Gasteiger partial charge in [0.2, 0.25) is 0 Å². The van der Waals surface area contributed by atoms with Gasteiger partial charge >= 0.3 is 0 Å². The Balaban J connectivity index is 1.40. The lowest BCUT2D eigenvalue weighted by molar-refractivity contribution is 0.145. The molecule has 0 aliphatic carbocycles. The highest BCUT2D eigenvalue weighted by atomic mass is 32.1. The highest BCUT2D eigenvalue weighted by Crippen LogP contribution is 2.23. The molecule has 1 N–H and O–H groups in total. The van der Waals surface area contributed by atoms with Crippen molar-refractivity contribution in [3.05, 3.63) is 38.7 Å². The smallest absolute Gasteiger partial charge is 0.269 e. The van der Waals surface area contributed by atoms with Gasteiger partial charge in [-0.05, 0) is 45.1 Å². The van der Waals surface area contributed by atoms with Crippen LogP contribution in [0.4, 0.5) is 5.69 Å². The molecule has 7 nitrogen and oxygen atoms in total. The third kappa shape index (κ3) is 5.05. The summed E-state index contributed by atoms with van der Waals surface area (Å²) in [6, 6.07) is 1.82. The topological polar surface area (TPSA) is 74.5 Å². The van der Waals surface area contributed by atoms with Gasteiger partial charge in [-0.15, -0.1) is 11.3 Å². The van der Waals surface area contributed by atoms with Crippen LogP contribution in [0.2, 0.25) is 0 Å². The summed E-state index contributed by atoms with van der Waals surface area (Å²) < 4.78 is 1.66. The van der Waals surface area contributed by atoms with E-state index in [9.17, 15) is 9.90 Å². The molecule has 2 aliphatic rings. The number of hydrogen-bond donors (Lipinski definition) is 1. The number of hydrogen-bond acceptors (Lipinski definition) is 7. The highest BCUT2D eigenvalue weighted by molar-refractivity contribution is 7.09. The fourth-order valence-electron chi connectivity index (χ4n) is 4.33. The molecule has 0 bridgehead atoms. The second kappa shape index (κ2) is 9.36. The van der Waals surface area contributed by atoms with Crippen molar-refractivity contribution >= 4 is 17.0 Å². The fourth-order valence-corrected chi connectivity index (χ4v) is 5.22. The van der Waals surface area contributed by atoms with E-state index in [1.807, 2.05) is 6.20 Å². The molecule has 158 valence electrons. The standard InChI is InChI=1S/C21H31N5O2S/c1-2-4-20-23-16(15-29-20)13-24-8-3-5-17(14-24)26-21(28)11-18(12-22-26)25-9-6-19(27)7-10-25/h11-12,15,17,19,27H,2-10,13-14H2,1H3. The molecule has 1 unspecified atom stereocenters. The second-order valence-electron chi connectivity index (χ2n) is 8.23. The van der Waals surface area contributed by atoms with E-state index in [1.165, 1.54) is 5.01 Å². The lowest BCUT2D eigenvalue weighted by atomic mass is 10.1. The van der Waals surface area contributed by atoms with E-state index in [0.717, 1.165) is 82.6 Å². The zero-order valence-electron chi connectivity index (χ0n) is 17.2. The predicted octanol–water partition coefficient (Wildman–Crippen LogP) is 2.45. The molecule has 4 heterocycles. The van der Waals surface area contributed by atoms with Gasteiger partial charge in [0.1, 0.15) is 0 Å². The largest absolute Gasteiger partial charge is 0.393 e. The molecule has 2 saturated heterocycles. The van der Waals surface area contributed by atoms with E-state index in [2.05, 4.69) is 27.2 Å². The lowest BCUT2D eigenvalue weighted by Crippen LogP contribution is -2.41. The second-order valence-corrected chi connectivity index (χ2v) is 9.17. The minimum Gasteiger partial charge on any atom is -0.393 e. The first-order chi connectivity index (χ1) is 14.1. The SMILES string of the molecule is CCCc1nc(CN2CCCC(n3ncc(N4CCC(O)CC4)cc3=O)C2)cs1. The van der Waals surface area contributed by atoms with Gasteiger partial charge < -0.3 is 10.0 Å². The molecule has 2 aliphatic heterocycles. The number of aliphatic hydroxyl groups is 1. The Morgan fingerprint density at radius 1 is 1.24 bits per heavy atom. The molecule has 0 aromatic carbocycles. The fraction of sp³-hybridized carbons (Fsp3) is 0.667. The number of nitrogens with zero attached hydrogens (tertiary/aromatic N) is 5. The summed E-state index contributed by atoms with van der Waals surface area (Å²) in [6.07, 6.45) is 7.32. The summed E-state index contributed by atoms with van der Waals surface area (Å²) in [5.41, 5.74) is 1.98. The Hall–Kier alpha value is -1.77. The van der Waals surface area contributed by atoms with Crippen molar-refractivity contribution < 1.29 is 5.11 Å². The number of aromatic nitrogens is 3. The Bertz CT molecular complexity index is 859. The molecule has 2 aromatic heterocycles. The molecule has 0 amide bonds. The number of aliphatic hydroxyl groups excluding tert-OH is 1. The summed E-state index contributed by atoms with van der Waals surface area (Å²) in [5.74, 6) is 0. The summed E-state index contributed by atoms with van der Waals surface area (Å²) in [4.78, 5) is 22.1. The van der Waals surface area contributed by atoms with Crippen LogP contribution < -0.4 is 10.5 Å². The number of piperidine rings is 2. The van der Waals surface area contributed by atoms with Crippen molar-refractivity contribution in [1.29, 1.82) is 0 Å². The van der Waals surface area contributed by atoms with Crippen LogP contribution in [0.15, 0.2) is 22.4 Å². The molecule has 29 heavy (non-hydrogen) atoms. The molecule has 1 atom stereocenters. The Kier molecular flexibility index (Phi) is 6.62. The molecule has 8 heteroatoms. The van der Waals surface area contributed by atoms with Crippen molar-refractivity contribution in [2.24, 2.45) is 0 Å². The first-order valence-corrected chi connectivity index (χ1v) is 11.7. The Morgan fingerprint density at radius 3 is 2.83 bits per heavy atom. The van der Waals surface area contributed by atoms with E-state index >= 15 is 0 Å². The average molecular weight is 418 g/mol. The number of thiazole rings is 1. The molecule has 0 spiro atoms. The van der Waals surface area contributed by atoms with Gasteiger partial charge in [-0.3, -0.25) is 9.69 Å². The first kappa shape index (κ1) is 20.5. The van der Waals surface area contributed by atoms with Gasteiger partial charge in [0.15, 0.2) is 0 Å². The summed E-state index contributed by atoms with van der Waals surface area (Å²) in [7, 11) is 0. The molecule has 2 fully saturated rings. The third-order valence-corrected chi connectivity index (χ3v) is 6.87. The van der Waals surface area contributed by atoms with Crippen LogP contribution in [0.5, 0.6) is 0 Å². The van der Waals surface area contributed by atoms with E-state index in [4.69, 9.17) is 4.98 Å². The molecule has 0 saturated carbocycles. The molecule has 0 radical (unpaired) electrons. The zero-order valence-corrected chi connectivity index (χ0v) is 18.0. The van der Waals surface area contributed by atoms with Crippen LogP contribution in [0.3, 0.4) is 0 Å². The van der Waals surface area contributed by atoms with Crippen molar-refractivity contribution in [1.82, 2.24) is 19.7 Å². The van der Waals surface area contributed by atoms with Crippen molar-refractivity contribution in [2.75, 3.05) is 31.1 Å². The maximum atomic E-state index is 12.8. The van der Waals surface area contributed by atoms with Crippen molar-refractivity contribution in [2.45, 2.75) is 64.1 Å².